The summed E-state index contributed by atoms with van der Waals surface area (Å²) < 4.78 is 5.18. The molecule has 1 aromatic heterocycles. The molecule has 5 nitrogen and oxygen atoms in total. The number of amides is 1. The van der Waals surface area contributed by atoms with E-state index in [2.05, 4.69) is 60.6 Å². The summed E-state index contributed by atoms with van der Waals surface area (Å²) in [6, 6.07) is 17.9. The maximum absolute atomic E-state index is 12.8. The van der Waals surface area contributed by atoms with Gasteiger partial charge in [0.1, 0.15) is 11.4 Å². The maximum atomic E-state index is 12.8. The highest BCUT2D eigenvalue weighted by Gasteiger charge is 2.17. The van der Waals surface area contributed by atoms with Gasteiger partial charge in [-0.2, -0.15) is 5.10 Å². The zero-order valence-corrected chi connectivity index (χ0v) is 17.5. The van der Waals surface area contributed by atoms with Gasteiger partial charge in [0, 0.05) is 5.56 Å². The van der Waals surface area contributed by atoms with Gasteiger partial charge in [-0.15, -0.1) is 0 Å². The van der Waals surface area contributed by atoms with Crippen LogP contribution in [0.2, 0.25) is 0 Å². The van der Waals surface area contributed by atoms with Crippen LogP contribution in [0.4, 0.5) is 0 Å². The largest absolute Gasteiger partial charge is 0.497 e. The lowest BCUT2D eigenvalue weighted by molar-refractivity contribution is 0.0930. The van der Waals surface area contributed by atoms with E-state index in [1.165, 1.54) is 5.56 Å². The van der Waals surface area contributed by atoms with Gasteiger partial charge < -0.3 is 10.1 Å². The lowest BCUT2D eigenvalue weighted by Crippen LogP contribution is -2.28. The summed E-state index contributed by atoms with van der Waals surface area (Å²) in [5.74, 6) is 1.17. The first-order chi connectivity index (χ1) is 14.0. The van der Waals surface area contributed by atoms with E-state index in [1.807, 2.05) is 24.3 Å². The Hall–Kier alpha value is -3.08. The molecule has 29 heavy (non-hydrogen) atoms. The van der Waals surface area contributed by atoms with Gasteiger partial charge in [-0.05, 0) is 60.2 Å². The molecule has 0 aliphatic carbocycles. The quantitative estimate of drug-likeness (QED) is 0.534. The van der Waals surface area contributed by atoms with Gasteiger partial charge >= 0.3 is 0 Å². The van der Waals surface area contributed by atoms with Crippen LogP contribution in [0.5, 0.6) is 5.75 Å². The number of nitrogens with one attached hydrogen (secondary N) is 2. The second-order valence-electron chi connectivity index (χ2n) is 7.31. The predicted octanol–water partition coefficient (Wildman–Crippen LogP) is 5.48. The molecule has 2 unspecified atom stereocenters. The number of carbonyl (C=O) groups excluding carboxylic acids is 1. The number of aromatic amines is 1. The van der Waals surface area contributed by atoms with Gasteiger partial charge in [0.2, 0.25) is 0 Å². The Bertz CT molecular complexity index is 930. The average Bonchev–Trinajstić information content (AvgIpc) is 3.27. The van der Waals surface area contributed by atoms with Crippen molar-refractivity contribution in [3.05, 3.63) is 71.4 Å². The van der Waals surface area contributed by atoms with Gasteiger partial charge in [-0.1, -0.05) is 45.0 Å². The number of aromatic nitrogens is 2. The van der Waals surface area contributed by atoms with Gasteiger partial charge in [0.05, 0.1) is 18.8 Å². The lowest BCUT2D eigenvalue weighted by atomic mass is 9.95. The molecule has 152 valence electrons. The van der Waals surface area contributed by atoms with Gasteiger partial charge in [-0.25, -0.2) is 0 Å². The zero-order valence-electron chi connectivity index (χ0n) is 17.5. The van der Waals surface area contributed by atoms with Crippen molar-refractivity contribution in [1.82, 2.24) is 15.5 Å². The smallest absolute Gasteiger partial charge is 0.269 e. The molecule has 0 bridgehead atoms. The highest BCUT2D eigenvalue weighted by molar-refractivity contribution is 5.93. The topological polar surface area (TPSA) is 67.0 Å². The van der Waals surface area contributed by atoms with Crippen LogP contribution in [0.15, 0.2) is 54.6 Å². The van der Waals surface area contributed by atoms with Crippen molar-refractivity contribution < 1.29 is 9.53 Å². The number of benzene rings is 2. The summed E-state index contributed by atoms with van der Waals surface area (Å²) >= 11 is 0. The van der Waals surface area contributed by atoms with Crippen LogP contribution in [-0.2, 0) is 0 Å². The van der Waals surface area contributed by atoms with Crippen molar-refractivity contribution >= 4 is 5.91 Å². The van der Waals surface area contributed by atoms with Crippen LogP contribution in [-0.4, -0.2) is 23.2 Å². The molecule has 2 N–H and O–H groups in total. The molecular weight excluding hydrogens is 362 g/mol. The van der Waals surface area contributed by atoms with Crippen molar-refractivity contribution in [3.8, 4) is 17.0 Å². The number of nitrogens with zero attached hydrogens (tertiary/aromatic N) is 1. The fourth-order valence-electron chi connectivity index (χ4n) is 3.30. The Kier molecular flexibility index (Phi) is 6.70. The van der Waals surface area contributed by atoms with Crippen LogP contribution >= 0.6 is 0 Å². The van der Waals surface area contributed by atoms with E-state index >= 15 is 0 Å². The number of ether oxygens (including phenoxy) is 1. The number of hydrogen-bond donors (Lipinski definition) is 2. The fraction of sp³-hybridized carbons (Fsp3) is 0.333. The third-order valence-electron chi connectivity index (χ3n) is 5.44. The molecule has 5 heteroatoms. The second kappa shape index (κ2) is 9.41. The molecular formula is C24H29N3O2. The monoisotopic (exact) mass is 391 g/mol. The van der Waals surface area contributed by atoms with Crippen LogP contribution < -0.4 is 10.1 Å². The summed E-state index contributed by atoms with van der Waals surface area (Å²) in [6.45, 7) is 6.49. The molecule has 1 heterocycles. The number of methoxy groups -OCH3 is 1. The molecule has 2 aromatic carbocycles. The fourth-order valence-corrected chi connectivity index (χ4v) is 3.30. The molecule has 0 aliphatic rings. The van der Waals surface area contributed by atoms with Gasteiger partial charge in [0.25, 0.3) is 5.91 Å². The van der Waals surface area contributed by atoms with Crippen LogP contribution in [0, 0.1) is 0 Å². The minimum Gasteiger partial charge on any atom is -0.497 e. The van der Waals surface area contributed by atoms with E-state index in [9.17, 15) is 4.79 Å². The Labute approximate surface area is 172 Å². The van der Waals surface area contributed by atoms with Gasteiger partial charge in [0.15, 0.2) is 0 Å². The summed E-state index contributed by atoms with van der Waals surface area (Å²) in [5.41, 5.74) is 4.54. The third-order valence-corrected chi connectivity index (χ3v) is 5.44. The molecule has 0 radical (unpaired) electrons. The minimum atomic E-state index is -0.157. The highest BCUT2D eigenvalue weighted by Crippen LogP contribution is 2.24. The van der Waals surface area contributed by atoms with Crippen molar-refractivity contribution in [2.24, 2.45) is 0 Å². The molecule has 0 fully saturated rings. The Morgan fingerprint density at radius 1 is 1.03 bits per heavy atom. The van der Waals surface area contributed by atoms with E-state index in [0.29, 0.717) is 11.6 Å². The molecule has 3 aromatic rings. The third kappa shape index (κ3) is 4.86. The molecule has 2 atom stereocenters. The van der Waals surface area contributed by atoms with E-state index < -0.39 is 0 Å². The van der Waals surface area contributed by atoms with Crippen LogP contribution in [0.3, 0.4) is 0 Å². The molecule has 0 aliphatic heterocycles. The predicted molar refractivity (Wildman–Crippen MR) is 116 cm³/mol. The van der Waals surface area contributed by atoms with Gasteiger partial charge in [-0.3, -0.25) is 9.89 Å². The van der Waals surface area contributed by atoms with E-state index in [1.54, 1.807) is 13.2 Å². The lowest BCUT2D eigenvalue weighted by Gasteiger charge is -2.18. The Morgan fingerprint density at radius 3 is 2.28 bits per heavy atom. The summed E-state index contributed by atoms with van der Waals surface area (Å²) in [4.78, 5) is 12.8. The molecule has 0 spiro atoms. The first-order valence-corrected chi connectivity index (χ1v) is 10.2. The summed E-state index contributed by atoms with van der Waals surface area (Å²) in [6.07, 6.45) is 1.93. The first kappa shape index (κ1) is 20.6. The number of H-pyrrole nitrogens is 1. The van der Waals surface area contributed by atoms with Crippen molar-refractivity contribution in [1.29, 1.82) is 0 Å². The standard InChI is InChI=1S/C24H29N3O2/c1-5-16(3)17-7-9-18(10-8-17)21(6-2)25-24(28)23-15-22(26-27-23)19-11-13-20(29-4)14-12-19/h7-16,21H,5-6H2,1-4H3,(H,25,28)(H,26,27). The van der Waals surface area contributed by atoms with Crippen LogP contribution in [0.25, 0.3) is 11.3 Å². The van der Waals surface area contributed by atoms with Crippen molar-refractivity contribution in [2.45, 2.75) is 45.6 Å². The normalized spacial score (nSPS) is 13.0. The molecule has 0 saturated heterocycles. The van der Waals surface area contributed by atoms with E-state index in [4.69, 9.17) is 4.74 Å². The highest BCUT2D eigenvalue weighted by atomic mass is 16.5. The van der Waals surface area contributed by atoms with Crippen LogP contribution in [0.1, 0.15) is 67.2 Å². The number of carbonyl (C=O) groups is 1. The van der Waals surface area contributed by atoms with E-state index in [-0.39, 0.29) is 11.9 Å². The first-order valence-electron chi connectivity index (χ1n) is 10.2. The van der Waals surface area contributed by atoms with Crippen molar-refractivity contribution in [2.75, 3.05) is 7.11 Å². The number of rotatable bonds is 8. The SMILES string of the molecule is CCC(C)c1ccc(C(CC)NC(=O)c2cc(-c3ccc(OC)cc3)n[nH]2)cc1. The average molecular weight is 392 g/mol. The molecule has 1 amide bonds. The summed E-state index contributed by atoms with van der Waals surface area (Å²) in [5, 5.41) is 10.2. The van der Waals surface area contributed by atoms with E-state index in [0.717, 1.165) is 35.4 Å². The Morgan fingerprint density at radius 2 is 1.69 bits per heavy atom. The molecule has 0 saturated carbocycles. The second-order valence-corrected chi connectivity index (χ2v) is 7.31. The zero-order chi connectivity index (χ0) is 20.8. The van der Waals surface area contributed by atoms with Crippen molar-refractivity contribution in [3.63, 3.8) is 0 Å². The maximum Gasteiger partial charge on any atom is 0.269 e. The molecule has 3 rings (SSSR count). The minimum absolute atomic E-state index is 0.0405. The summed E-state index contributed by atoms with van der Waals surface area (Å²) in [7, 11) is 1.63. The number of hydrogen-bond acceptors (Lipinski definition) is 3. The Balaban J connectivity index is 1.70.